The molecule has 2 atom stereocenters. The first-order chi connectivity index (χ1) is 8.97. The second-order valence-corrected chi connectivity index (χ2v) is 4.79. The number of rotatable bonds is 3. The molecule has 0 aliphatic heterocycles. The van der Waals surface area contributed by atoms with E-state index < -0.39 is 28.9 Å². The average Bonchev–Trinajstić information content (AvgIpc) is 2.71. The highest BCUT2D eigenvalue weighted by atomic mass is 19.1. The maximum atomic E-state index is 13.3. The van der Waals surface area contributed by atoms with E-state index >= 15 is 0 Å². The molecule has 0 radical (unpaired) electrons. The molecule has 0 bridgehead atoms. The van der Waals surface area contributed by atoms with Gasteiger partial charge >= 0.3 is 0 Å². The van der Waals surface area contributed by atoms with E-state index in [1.54, 1.807) is 0 Å². The fraction of sp³-hybridized carbons (Fsp3) is 0.462. The van der Waals surface area contributed by atoms with Gasteiger partial charge in [-0.1, -0.05) is 0 Å². The number of hydrogen-bond acceptors (Lipinski definition) is 2. The van der Waals surface area contributed by atoms with Gasteiger partial charge in [-0.3, -0.25) is 4.79 Å². The van der Waals surface area contributed by atoms with E-state index in [4.69, 9.17) is 0 Å². The average molecular weight is 273 g/mol. The standard InChI is InChI=1S/C13H14F3NO2/c14-8-4-10(15)12(11(16)5-8)13(19)17-6-7-1-2-9(18)3-7/h4-5,7,9,18H,1-3,6H2,(H,17,19). The summed E-state index contributed by atoms with van der Waals surface area (Å²) in [6.45, 7) is 0.242. The maximum Gasteiger partial charge on any atom is 0.257 e. The van der Waals surface area contributed by atoms with Crippen molar-refractivity contribution in [1.29, 1.82) is 0 Å². The summed E-state index contributed by atoms with van der Waals surface area (Å²) in [6.07, 6.45) is 1.62. The number of amides is 1. The summed E-state index contributed by atoms with van der Waals surface area (Å²) >= 11 is 0. The molecule has 1 amide bonds. The monoisotopic (exact) mass is 273 g/mol. The highest BCUT2D eigenvalue weighted by Crippen LogP contribution is 2.24. The Labute approximate surface area is 108 Å². The van der Waals surface area contributed by atoms with Crippen LogP contribution in [-0.2, 0) is 0 Å². The van der Waals surface area contributed by atoms with Crippen LogP contribution in [0.15, 0.2) is 12.1 Å². The van der Waals surface area contributed by atoms with Crippen molar-refractivity contribution in [3.05, 3.63) is 35.1 Å². The Morgan fingerprint density at radius 2 is 1.89 bits per heavy atom. The molecule has 6 heteroatoms. The lowest BCUT2D eigenvalue weighted by atomic mass is 10.1. The van der Waals surface area contributed by atoms with Gasteiger partial charge in [-0.15, -0.1) is 0 Å². The van der Waals surface area contributed by atoms with Gasteiger partial charge in [0.2, 0.25) is 0 Å². The first-order valence-electron chi connectivity index (χ1n) is 6.08. The largest absolute Gasteiger partial charge is 0.393 e. The van der Waals surface area contributed by atoms with Crippen molar-refractivity contribution in [2.45, 2.75) is 25.4 Å². The zero-order chi connectivity index (χ0) is 14.0. The summed E-state index contributed by atoms with van der Waals surface area (Å²) in [5.41, 5.74) is -0.778. The number of nitrogens with one attached hydrogen (secondary N) is 1. The number of carbonyl (C=O) groups excluding carboxylic acids is 1. The molecule has 0 saturated heterocycles. The molecule has 1 aromatic carbocycles. The molecule has 0 spiro atoms. The second kappa shape index (κ2) is 5.61. The minimum absolute atomic E-state index is 0.102. The van der Waals surface area contributed by atoms with Crippen LogP contribution in [0, 0.1) is 23.4 Å². The molecule has 0 heterocycles. The third-order valence-electron chi connectivity index (χ3n) is 3.30. The van der Waals surface area contributed by atoms with Crippen LogP contribution in [-0.4, -0.2) is 23.7 Å². The highest BCUT2D eigenvalue weighted by molar-refractivity contribution is 5.94. The molecule has 19 heavy (non-hydrogen) atoms. The SMILES string of the molecule is O=C(NCC1CCC(O)C1)c1c(F)cc(F)cc1F. The molecule has 1 saturated carbocycles. The maximum absolute atomic E-state index is 13.3. The molecule has 2 N–H and O–H groups in total. The van der Waals surface area contributed by atoms with E-state index in [0.717, 1.165) is 6.42 Å². The lowest BCUT2D eigenvalue weighted by molar-refractivity contribution is 0.0936. The molecule has 3 nitrogen and oxygen atoms in total. The summed E-state index contributed by atoms with van der Waals surface area (Å²) in [5.74, 6) is -4.31. The number of halogens is 3. The lowest BCUT2D eigenvalue weighted by Gasteiger charge is -2.11. The number of carbonyl (C=O) groups is 1. The quantitative estimate of drug-likeness (QED) is 0.885. The van der Waals surface area contributed by atoms with Gasteiger partial charge < -0.3 is 10.4 Å². The predicted molar refractivity (Wildman–Crippen MR) is 62.0 cm³/mol. The fourth-order valence-corrected chi connectivity index (χ4v) is 2.32. The van der Waals surface area contributed by atoms with Crippen molar-refractivity contribution in [2.24, 2.45) is 5.92 Å². The Morgan fingerprint density at radius 3 is 2.42 bits per heavy atom. The van der Waals surface area contributed by atoms with E-state index in [1.807, 2.05) is 0 Å². The van der Waals surface area contributed by atoms with Gasteiger partial charge in [0, 0.05) is 18.7 Å². The van der Waals surface area contributed by atoms with Gasteiger partial charge in [-0.05, 0) is 25.2 Å². The summed E-state index contributed by atoms with van der Waals surface area (Å²) in [5, 5.41) is 11.7. The normalized spacial score (nSPS) is 22.5. The van der Waals surface area contributed by atoms with E-state index in [2.05, 4.69) is 5.32 Å². The van der Waals surface area contributed by atoms with Gasteiger partial charge in [-0.2, -0.15) is 0 Å². The minimum Gasteiger partial charge on any atom is -0.393 e. The summed E-state index contributed by atoms with van der Waals surface area (Å²) in [6, 6.07) is 0.939. The van der Waals surface area contributed by atoms with Crippen molar-refractivity contribution in [3.63, 3.8) is 0 Å². The first kappa shape index (κ1) is 13.9. The van der Waals surface area contributed by atoms with Gasteiger partial charge in [0.05, 0.1) is 6.10 Å². The number of hydrogen-bond donors (Lipinski definition) is 2. The summed E-state index contributed by atoms with van der Waals surface area (Å²) < 4.78 is 39.4. The van der Waals surface area contributed by atoms with Gasteiger partial charge in [0.25, 0.3) is 5.91 Å². The van der Waals surface area contributed by atoms with Crippen LogP contribution in [0.5, 0.6) is 0 Å². The van der Waals surface area contributed by atoms with Crippen molar-refractivity contribution in [2.75, 3.05) is 6.54 Å². The van der Waals surface area contributed by atoms with Crippen LogP contribution in [0.1, 0.15) is 29.6 Å². The molecule has 1 fully saturated rings. The number of aliphatic hydroxyl groups excluding tert-OH is 1. The third kappa shape index (κ3) is 3.26. The predicted octanol–water partition coefficient (Wildman–Crippen LogP) is 1.99. The van der Waals surface area contributed by atoms with Gasteiger partial charge in [-0.25, -0.2) is 13.2 Å². The van der Waals surface area contributed by atoms with E-state index in [0.29, 0.717) is 25.0 Å². The van der Waals surface area contributed by atoms with E-state index in [-0.39, 0.29) is 18.6 Å². The highest BCUT2D eigenvalue weighted by Gasteiger charge is 2.24. The Hall–Kier alpha value is -1.56. The lowest BCUT2D eigenvalue weighted by Crippen LogP contribution is -2.30. The van der Waals surface area contributed by atoms with Crippen LogP contribution in [0.3, 0.4) is 0 Å². The number of aliphatic hydroxyl groups is 1. The van der Waals surface area contributed by atoms with Crippen LogP contribution in [0.2, 0.25) is 0 Å². The molecule has 0 aromatic heterocycles. The van der Waals surface area contributed by atoms with Gasteiger partial charge in [0.15, 0.2) is 0 Å². The van der Waals surface area contributed by atoms with Crippen LogP contribution in [0.4, 0.5) is 13.2 Å². The fourth-order valence-electron chi connectivity index (χ4n) is 2.32. The molecular weight excluding hydrogens is 259 g/mol. The smallest absolute Gasteiger partial charge is 0.257 e. The Balaban J connectivity index is 2.00. The topological polar surface area (TPSA) is 49.3 Å². The van der Waals surface area contributed by atoms with Crippen molar-refractivity contribution in [3.8, 4) is 0 Å². The molecule has 104 valence electrons. The molecular formula is C13H14F3NO2. The summed E-state index contributed by atoms with van der Waals surface area (Å²) in [7, 11) is 0. The molecule has 1 aliphatic rings. The Bertz CT molecular complexity index is 470. The molecule has 1 aromatic rings. The van der Waals surface area contributed by atoms with Crippen molar-refractivity contribution >= 4 is 5.91 Å². The molecule has 2 unspecified atom stereocenters. The van der Waals surface area contributed by atoms with Crippen LogP contribution >= 0.6 is 0 Å². The van der Waals surface area contributed by atoms with Gasteiger partial charge in [0.1, 0.15) is 23.0 Å². The van der Waals surface area contributed by atoms with Crippen LogP contribution < -0.4 is 5.32 Å². The second-order valence-electron chi connectivity index (χ2n) is 4.79. The zero-order valence-electron chi connectivity index (χ0n) is 10.1. The summed E-state index contributed by atoms with van der Waals surface area (Å²) in [4.78, 5) is 11.7. The van der Waals surface area contributed by atoms with E-state index in [1.165, 1.54) is 0 Å². The number of benzene rings is 1. The van der Waals surface area contributed by atoms with Crippen molar-refractivity contribution < 1.29 is 23.1 Å². The third-order valence-corrected chi connectivity index (χ3v) is 3.30. The Kier molecular flexibility index (Phi) is 4.09. The van der Waals surface area contributed by atoms with Crippen LogP contribution in [0.25, 0.3) is 0 Å². The Morgan fingerprint density at radius 1 is 1.26 bits per heavy atom. The minimum atomic E-state index is -1.22. The van der Waals surface area contributed by atoms with E-state index in [9.17, 15) is 23.1 Å². The molecule has 2 rings (SSSR count). The first-order valence-corrected chi connectivity index (χ1v) is 6.08. The van der Waals surface area contributed by atoms with Crippen molar-refractivity contribution in [1.82, 2.24) is 5.32 Å². The molecule has 1 aliphatic carbocycles. The zero-order valence-corrected chi connectivity index (χ0v) is 10.1.